The Morgan fingerprint density at radius 1 is 1.23 bits per heavy atom. The predicted octanol–water partition coefficient (Wildman–Crippen LogP) is 3.38. The number of hydrogen-bond donors (Lipinski definition) is 1. The Bertz CT molecular complexity index is 950. The fraction of sp³-hybridized carbons (Fsp3) is 0.263. The summed E-state index contributed by atoms with van der Waals surface area (Å²) in [4.78, 5) is 16.2. The number of pyridine rings is 1. The number of ether oxygens (including phenoxy) is 1. The molecule has 2 aromatic rings. The number of anilines is 1. The third-order valence-corrected chi connectivity index (χ3v) is 5.64. The molecule has 1 aromatic heterocycles. The Morgan fingerprint density at radius 2 is 2.04 bits per heavy atom. The summed E-state index contributed by atoms with van der Waals surface area (Å²) in [7, 11) is -3.14. The van der Waals surface area contributed by atoms with Crippen molar-refractivity contribution in [3.63, 3.8) is 0 Å². The van der Waals surface area contributed by atoms with Crippen molar-refractivity contribution in [3.05, 3.63) is 59.1 Å². The van der Waals surface area contributed by atoms with Crippen molar-refractivity contribution in [1.82, 2.24) is 4.98 Å². The number of allylic oxidation sites excluding steroid dienone is 1. The number of amides is 1. The average molecular weight is 372 g/mol. The Balaban J connectivity index is 1.56. The smallest absolute Gasteiger partial charge is 0.225 e. The highest BCUT2D eigenvalue weighted by atomic mass is 32.2. The molecule has 1 aliphatic rings. The highest BCUT2D eigenvalue weighted by Crippen LogP contribution is 2.23. The normalized spacial score (nSPS) is 17.8. The van der Waals surface area contributed by atoms with Crippen molar-refractivity contribution < 1.29 is 17.9 Å². The van der Waals surface area contributed by atoms with Crippen molar-refractivity contribution in [2.45, 2.75) is 20.3 Å². The Kier molecular flexibility index (Phi) is 5.08. The lowest BCUT2D eigenvalue weighted by Crippen LogP contribution is -2.17. The Labute approximate surface area is 152 Å². The van der Waals surface area contributed by atoms with Crippen LogP contribution in [0.3, 0.4) is 0 Å². The number of nitrogens with zero attached hydrogens (tertiary/aromatic N) is 1. The summed E-state index contributed by atoms with van der Waals surface area (Å²) in [6.07, 6.45) is 3.19. The molecule has 1 N–H and O–H groups in total. The SMILES string of the molecule is Cc1ccc(Oc2ccc(NC(=O)CC3C=CS(=O)(=O)C3)cn2)cc1C. The highest BCUT2D eigenvalue weighted by Gasteiger charge is 2.23. The van der Waals surface area contributed by atoms with Gasteiger partial charge in [0.05, 0.1) is 17.6 Å². The molecule has 1 aliphatic heterocycles. The zero-order chi connectivity index (χ0) is 18.7. The molecule has 0 aliphatic carbocycles. The van der Waals surface area contributed by atoms with Crippen molar-refractivity contribution in [1.29, 1.82) is 0 Å². The van der Waals surface area contributed by atoms with Crippen molar-refractivity contribution >= 4 is 21.4 Å². The van der Waals surface area contributed by atoms with Gasteiger partial charge in [0.25, 0.3) is 0 Å². The number of nitrogens with one attached hydrogen (secondary N) is 1. The molecule has 0 radical (unpaired) electrons. The fourth-order valence-electron chi connectivity index (χ4n) is 2.63. The molecule has 0 bridgehead atoms. The van der Waals surface area contributed by atoms with E-state index in [-0.39, 0.29) is 24.0 Å². The number of sulfone groups is 1. The summed E-state index contributed by atoms with van der Waals surface area (Å²) >= 11 is 0. The molecule has 0 saturated heterocycles. The maximum atomic E-state index is 12.0. The van der Waals surface area contributed by atoms with Gasteiger partial charge in [0.2, 0.25) is 11.8 Å². The highest BCUT2D eigenvalue weighted by molar-refractivity contribution is 7.94. The molecule has 0 spiro atoms. The van der Waals surface area contributed by atoms with Crippen LogP contribution < -0.4 is 10.1 Å². The lowest BCUT2D eigenvalue weighted by Gasteiger charge is -2.10. The van der Waals surface area contributed by atoms with Gasteiger partial charge >= 0.3 is 0 Å². The topological polar surface area (TPSA) is 85.4 Å². The van der Waals surface area contributed by atoms with Crippen LogP contribution in [0, 0.1) is 19.8 Å². The molecular weight excluding hydrogens is 352 g/mol. The minimum Gasteiger partial charge on any atom is -0.439 e. The quantitative estimate of drug-likeness (QED) is 0.870. The van der Waals surface area contributed by atoms with Crippen LogP contribution >= 0.6 is 0 Å². The standard InChI is InChI=1S/C19H20N2O4S/c1-13-3-5-17(9-14(13)2)25-19-6-4-16(11-20-19)21-18(22)10-15-7-8-26(23,24)12-15/h3-9,11,15H,10,12H2,1-2H3,(H,21,22). The largest absolute Gasteiger partial charge is 0.439 e. The van der Waals surface area contributed by atoms with Gasteiger partial charge < -0.3 is 10.1 Å². The minimum absolute atomic E-state index is 0.0125. The zero-order valence-electron chi connectivity index (χ0n) is 14.6. The van der Waals surface area contributed by atoms with Crippen LogP contribution in [0.15, 0.2) is 48.0 Å². The third-order valence-electron chi connectivity index (χ3n) is 4.17. The van der Waals surface area contributed by atoms with Crippen molar-refractivity contribution in [3.8, 4) is 11.6 Å². The summed E-state index contributed by atoms with van der Waals surface area (Å²) in [5, 5.41) is 3.89. The Morgan fingerprint density at radius 3 is 2.65 bits per heavy atom. The maximum absolute atomic E-state index is 12.0. The number of carbonyl (C=O) groups excluding carboxylic acids is 1. The molecule has 2 heterocycles. The van der Waals surface area contributed by atoms with E-state index in [1.165, 1.54) is 17.2 Å². The molecule has 1 aromatic carbocycles. The lowest BCUT2D eigenvalue weighted by atomic mass is 10.1. The molecule has 1 unspecified atom stereocenters. The summed E-state index contributed by atoms with van der Waals surface area (Å²) < 4.78 is 28.4. The van der Waals surface area contributed by atoms with Crippen LogP contribution in [0.2, 0.25) is 0 Å². The van der Waals surface area contributed by atoms with Crippen LogP contribution in [0.1, 0.15) is 17.5 Å². The van der Waals surface area contributed by atoms with Gasteiger partial charge in [-0.1, -0.05) is 12.1 Å². The van der Waals surface area contributed by atoms with Gasteiger partial charge in [-0.3, -0.25) is 4.79 Å². The summed E-state index contributed by atoms with van der Waals surface area (Å²) in [6.45, 7) is 4.05. The van der Waals surface area contributed by atoms with Gasteiger partial charge in [0.15, 0.2) is 9.84 Å². The van der Waals surface area contributed by atoms with E-state index < -0.39 is 9.84 Å². The van der Waals surface area contributed by atoms with Crippen LogP contribution in [0.25, 0.3) is 0 Å². The number of hydrogen-bond acceptors (Lipinski definition) is 5. The molecule has 26 heavy (non-hydrogen) atoms. The molecule has 3 rings (SSSR count). The van der Waals surface area contributed by atoms with Crippen molar-refractivity contribution in [2.75, 3.05) is 11.1 Å². The molecule has 0 fully saturated rings. The summed E-state index contributed by atoms with van der Waals surface area (Å²) in [5.74, 6) is 0.589. The van der Waals surface area contributed by atoms with Crippen molar-refractivity contribution in [2.24, 2.45) is 5.92 Å². The molecular formula is C19H20N2O4S. The molecule has 1 amide bonds. The molecule has 0 saturated carbocycles. The second-order valence-corrected chi connectivity index (χ2v) is 8.33. The Hall–Kier alpha value is -2.67. The first-order chi connectivity index (χ1) is 12.3. The fourth-order valence-corrected chi connectivity index (χ4v) is 4.03. The van der Waals surface area contributed by atoms with Crippen LogP contribution in [-0.2, 0) is 14.6 Å². The molecule has 6 nitrogen and oxygen atoms in total. The van der Waals surface area contributed by atoms with E-state index in [0.717, 1.165) is 5.56 Å². The molecule has 7 heteroatoms. The van der Waals surface area contributed by atoms with E-state index in [1.807, 2.05) is 32.0 Å². The third kappa shape index (κ3) is 4.70. The minimum atomic E-state index is -3.14. The maximum Gasteiger partial charge on any atom is 0.225 e. The van der Waals surface area contributed by atoms with Gasteiger partial charge in [0, 0.05) is 23.8 Å². The van der Waals surface area contributed by atoms with E-state index in [0.29, 0.717) is 17.3 Å². The van der Waals surface area contributed by atoms with Gasteiger partial charge in [-0.05, 0) is 43.2 Å². The number of rotatable bonds is 5. The van der Waals surface area contributed by atoms with E-state index in [2.05, 4.69) is 10.3 Å². The van der Waals surface area contributed by atoms with Crippen LogP contribution in [0.4, 0.5) is 5.69 Å². The number of carbonyl (C=O) groups is 1. The van der Waals surface area contributed by atoms with Gasteiger partial charge in [-0.2, -0.15) is 0 Å². The first-order valence-corrected chi connectivity index (χ1v) is 9.94. The monoisotopic (exact) mass is 372 g/mol. The molecule has 1 atom stereocenters. The van der Waals surface area contributed by atoms with E-state index in [4.69, 9.17) is 4.74 Å². The zero-order valence-corrected chi connectivity index (χ0v) is 15.4. The van der Waals surface area contributed by atoms with E-state index in [1.54, 1.807) is 18.2 Å². The van der Waals surface area contributed by atoms with Crippen LogP contribution in [-0.4, -0.2) is 25.1 Å². The van der Waals surface area contributed by atoms with E-state index in [9.17, 15) is 13.2 Å². The first-order valence-electron chi connectivity index (χ1n) is 8.23. The summed E-state index contributed by atoms with van der Waals surface area (Å²) in [6, 6.07) is 9.17. The van der Waals surface area contributed by atoms with E-state index >= 15 is 0 Å². The van der Waals surface area contributed by atoms with Crippen LogP contribution in [0.5, 0.6) is 11.6 Å². The predicted molar refractivity (Wildman–Crippen MR) is 99.9 cm³/mol. The first kappa shape index (κ1) is 18.1. The summed E-state index contributed by atoms with van der Waals surface area (Å²) in [5.41, 5.74) is 2.86. The van der Waals surface area contributed by atoms with Gasteiger partial charge in [-0.15, -0.1) is 0 Å². The second-order valence-electron chi connectivity index (χ2n) is 6.40. The number of aromatic nitrogens is 1. The second kappa shape index (κ2) is 7.29. The number of benzene rings is 1. The number of aryl methyl sites for hydroxylation is 2. The lowest BCUT2D eigenvalue weighted by molar-refractivity contribution is -0.116. The molecule has 136 valence electrons. The van der Waals surface area contributed by atoms with Gasteiger partial charge in [-0.25, -0.2) is 13.4 Å². The average Bonchev–Trinajstić information content (AvgIpc) is 2.91. The van der Waals surface area contributed by atoms with Gasteiger partial charge in [0.1, 0.15) is 5.75 Å².